The predicted octanol–water partition coefficient (Wildman–Crippen LogP) is 3.09. The van der Waals surface area contributed by atoms with Gasteiger partial charge in [0, 0.05) is 42.7 Å². The van der Waals surface area contributed by atoms with Crippen molar-refractivity contribution >= 4 is 16.9 Å². The number of aromatic hydroxyl groups is 1. The van der Waals surface area contributed by atoms with Crippen LogP contribution in [0.4, 0.5) is 4.79 Å². The molecule has 1 saturated heterocycles. The number of phenolic OH excluding ortho intramolecular Hbond substituents is 1. The summed E-state index contributed by atoms with van der Waals surface area (Å²) in [6, 6.07) is 4.04. The molecule has 6 nitrogen and oxygen atoms in total. The standard InChI is InChI=1S/C20H28N4O2/c1-4-23(5-2)20(26)21-24-12-13-9-17-15(7-6-8-22(17)3)16-10-14(25)11-18(24)19(13)16/h10-12,15,17,25H,4-9H2,1-3H3,(H,21,26)/t15-,17-/m1/s1. The van der Waals surface area contributed by atoms with Gasteiger partial charge in [-0.1, -0.05) is 0 Å². The largest absolute Gasteiger partial charge is 0.508 e. The van der Waals surface area contributed by atoms with E-state index in [1.807, 2.05) is 26.1 Å². The minimum Gasteiger partial charge on any atom is -0.508 e. The highest BCUT2D eigenvalue weighted by Gasteiger charge is 2.37. The third-order valence-electron chi connectivity index (χ3n) is 6.15. The van der Waals surface area contributed by atoms with Gasteiger partial charge in [-0.2, -0.15) is 0 Å². The molecule has 2 aliphatic rings. The minimum atomic E-state index is -0.114. The van der Waals surface area contributed by atoms with Crippen molar-refractivity contribution in [3.8, 4) is 5.75 Å². The van der Waals surface area contributed by atoms with E-state index in [1.54, 1.807) is 15.6 Å². The summed E-state index contributed by atoms with van der Waals surface area (Å²) in [5.41, 5.74) is 6.37. The SMILES string of the molecule is CCN(CC)C(=O)Nn1cc2c3c(cc(O)cc31)[C@H]1CCCN(C)[C@@H]1C2. The molecule has 2 N–H and O–H groups in total. The van der Waals surface area contributed by atoms with Crippen LogP contribution in [0.5, 0.6) is 5.75 Å². The molecule has 0 spiro atoms. The number of benzene rings is 1. The Labute approximate surface area is 154 Å². The summed E-state index contributed by atoms with van der Waals surface area (Å²) in [6.07, 6.45) is 5.37. The maximum Gasteiger partial charge on any atom is 0.336 e. The Bertz CT molecular complexity index is 840. The summed E-state index contributed by atoms with van der Waals surface area (Å²) in [5.74, 6) is 0.717. The fourth-order valence-electron chi connectivity index (χ4n) is 4.80. The number of amides is 2. The zero-order valence-corrected chi connectivity index (χ0v) is 15.8. The maximum absolute atomic E-state index is 12.5. The number of nitrogens with zero attached hydrogens (tertiary/aromatic N) is 3. The Balaban J connectivity index is 1.79. The highest BCUT2D eigenvalue weighted by atomic mass is 16.3. The molecule has 0 bridgehead atoms. The number of hydrogen-bond acceptors (Lipinski definition) is 3. The fraction of sp³-hybridized carbons (Fsp3) is 0.550. The lowest BCUT2D eigenvalue weighted by atomic mass is 9.75. The molecule has 6 heteroatoms. The second kappa shape index (κ2) is 6.50. The normalized spacial score (nSPS) is 22.3. The van der Waals surface area contributed by atoms with Gasteiger partial charge in [0.05, 0.1) is 5.52 Å². The molecule has 2 aromatic rings. The molecular weight excluding hydrogens is 328 g/mol. The number of carbonyl (C=O) groups excluding carboxylic acids is 1. The molecular formula is C20H28N4O2. The van der Waals surface area contributed by atoms with Crippen molar-refractivity contribution in [2.45, 2.75) is 45.1 Å². The number of likely N-dealkylation sites (tertiary alicyclic amines) is 1. The number of nitrogens with one attached hydrogen (secondary N) is 1. The molecule has 2 amide bonds. The second-order valence-corrected chi connectivity index (χ2v) is 7.54. The number of likely N-dealkylation sites (N-methyl/N-ethyl adjacent to an activating group) is 1. The maximum atomic E-state index is 12.5. The molecule has 1 fully saturated rings. The average Bonchev–Trinajstić information content (AvgIpc) is 2.95. The van der Waals surface area contributed by atoms with Crippen molar-refractivity contribution in [2.75, 3.05) is 32.1 Å². The number of aromatic nitrogens is 1. The van der Waals surface area contributed by atoms with E-state index in [-0.39, 0.29) is 11.8 Å². The van der Waals surface area contributed by atoms with Gasteiger partial charge >= 0.3 is 6.03 Å². The van der Waals surface area contributed by atoms with Crippen molar-refractivity contribution in [1.29, 1.82) is 0 Å². The van der Waals surface area contributed by atoms with Crippen LogP contribution in [-0.2, 0) is 6.42 Å². The van der Waals surface area contributed by atoms with Gasteiger partial charge in [-0.15, -0.1) is 0 Å². The molecule has 1 aromatic carbocycles. The topological polar surface area (TPSA) is 60.7 Å². The Morgan fingerprint density at radius 1 is 1.35 bits per heavy atom. The zero-order chi connectivity index (χ0) is 18.4. The number of phenols is 1. The van der Waals surface area contributed by atoms with Crippen molar-refractivity contribution in [3.05, 3.63) is 29.5 Å². The van der Waals surface area contributed by atoms with Crippen molar-refractivity contribution in [3.63, 3.8) is 0 Å². The molecule has 140 valence electrons. The summed E-state index contributed by atoms with van der Waals surface area (Å²) in [4.78, 5) is 16.7. The van der Waals surface area contributed by atoms with Gasteiger partial charge in [0.25, 0.3) is 0 Å². The number of rotatable bonds is 3. The van der Waals surface area contributed by atoms with Crippen LogP contribution in [0, 0.1) is 0 Å². The van der Waals surface area contributed by atoms with E-state index in [4.69, 9.17) is 0 Å². The van der Waals surface area contributed by atoms with E-state index in [9.17, 15) is 9.90 Å². The first-order valence-electron chi connectivity index (χ1n) is 9.66. The van der Waals surface area contributed by atoms with Gasteiger partial charge in [-0.05, 0) is 63.9 Å². The first-order valence-corrected chi connectivity index (χ1v) is 9.66. The molecule has 0 unspecified atom stereocenters. The first-order chi connectivity index (χ1) is 12.5. The number of fused-ring (bicyclic) bond motifs is 2. The summed E-state index contributed by atoms with van der Waals surface area (Å²) < 4.78 is 1.80. The molecule has 1 aromatic heterocycles. The van der Waals surface area contributed by atoms with Gasteiger partial charge in [-0.3, -0.25) is 4.68 Å². The van der Waals surface area contributed by atoms with Gasteiger partial charge in [0.15, 0.2) is 0 Å². The third kappa shape index (κ3) is 2.63. The van der Waals surface area contributed by atoms with E-state index in [0.29, 0.717) is 25.0 Å². The van der Waals surface area contributed by atoms with Crippen LogP contribution in [0.3, 0.4) is 0 Å². The monoisotopic (exact) mass is 356 g/mol. The van der Waals surface area contributed by atoms with E-state index in [2.05, 4.69) is 17.4 Å². The number of carbonyl (C=O) groups is 1. The van der Waals surface area contributed by atoms with Gasteiger partial charge in [0.2, 0.25) is 0 Å². The lowest BCUT2D eigenvalue weighted by Crippen LogP contribution is -2.44. The Kier molecular flexibility index (Phi) is 4.31. The summed E-state index contributed by atoms with van der Waals surface area (Å²) in [6.45, 7) is 6.40. The van der Waals surface area contributed by atoms with Crippen molar-refractivity contribution in [2.24, 2.45) is 0 Å². The Morgan fingerprint density at radius 2 is 2.12 bits per heavy atom. The summed E-state index contributed by atoms with van der Waals surface area (Å²) in [7, 11) is 2.20. The summed E-state index contributed by atoms with van der Waals surface area (Å²) >= 11 is 0. The number of urea groups is 1. The van der Waals surface area contributed by atoms with Gasteiger partial charge < -0.3 is 14.9 Å². The third-order valence-corrected chi connectivity index (χ3v) is 6.15. The molecule has 26 heavy (non-hydrogen) atoms. The highest BCUT2D eigenvalue weighted by Crippen LogP contribution is 2.44. The van der Waals surface area contributed by atoms with Crippen LogP contribution >= 0.6 is 0 Å². The smallest absolute Gasteiger partial charge is 0.336 e. The van der Waals surface area contributed by atoms with Crippen LogP contribution < -0.4 is 5.43 Å². The van der Waals surface area contributed by atoms with Crippen LogP contribution in [0.1, 0.15) is 43.7 Å². The molecule has 1 aliphatic heterocycles. The van der Waals surface area contributed by atoms with E-state index in [1.165, 1.54) is 22.9 Å². The highest BCUT2D eigenvalue weighted by molar-refractivity contribution is 5.93. The van der Waals surface area contributed by atoms with E-state index >= 15 is 0 Å². The van der Waals surface area contributed by atoms with Gasteiger partial charge in [0.1, 0.15) is 5.75 Å². The molecule has 0 saturated carbocycles. The zero-order valence-electron chi connectivity index (χ0n) is 15.8. The van der Waals surface area contributed by atoms with Crippen molar-refractivity contribution in [1.82, 2.24) is 14.5 Å². The molecule has 0 radical (unpaired) electrons. The lowest BCUT2D eigenvalue weighted by Gasteiger charge is -2.42. The number of hydrogen-bond donors (Lipinski definition) is 2. The summed E-state index contributed by atoms with van der Waals surface area (Å²) in [5, 5.41) is 11.5. The van der Waals surface area contributed by atoms with Crippen LogP contribution in [-0.4, -0.2) is 58.3 Å². The Morgan fingerprint density at radius 3 is 2.85 bits per heavy atom. The average molecular weight is 356 g/mol. The predicted molar refractivity (Wildman–Crippen MR) is 103 cm³/mol. The minimum absolute atomic E-state index is 0.114. The van der Waals surface area contributed by atoms with Crippen LogP contribution in [0.25, 0.3) is 10.9 Å². The number of piperidine rings is 1. The first kappa shape index (κ1) is 17.2. The van der Waals surface area contributed by atoms with E-state index in [0.717, 1.165) is 24.9 Å². The molecule has 2 heterocycles. The van der Waals surface area contributed by atoms with Crippen molar-refractivity contribution < 1.29 is 9.90 Å². The lowest BCUT2D eigenvalue weighted by molar-refractivity contribution is 0.157. The fourth-order valence-corrected chi connectivity index (χ4v) is 4.80. The Hall–Kier alpha value is -2.21. The van der Waals surface area contributed by atoms with Crippen LogP contribution in [0.15, 0.2) is 18.3 Å². The quantitative estimate of drug-likeness (QED) is 0.888. The molecule has 1 aliphatic carbocycles. The van der Waals surface area contributed by atoms with Gasteiger partial charge in [-0.25, -0.2) is 10.2 Å². The molecule has 4 rings (SSSR count). The van der Waals surface area contributed by atoms with Crippen LogP contribution in [0.2, 0.25) is 0 Å². The second-order valence-electron chi connectivity index (χ2n) is 7.54. The molecule has 2 atom stereocenters. The van der Waals surface area contributed by atoms with E-state index < -0.39 is 0 Å².